The van der Waals surface area contributed by atoms with E-state index in [1.54, 1.807) is 0 Å². The molecule has 2 N–H and O–H groups in total. The summed E-state index contributed by atoms with van der Waals surface area (Å²) in [4.78, 5) is 0. The van der Waals surface area contributed by atoms with Crippen molar-refractivity contribution in [2.24, 2.45) is 5.73 Å². The summed E-state index contributed by atoms with van der Waals surface area (Å²) in [6.45, 7) is 1.42. The van der Waals surface area contributed by atoms with Crippen LogP contribution in [-0.2, 0) is 0 Å². The summed E-state index contributed by atoms with van der Waals surface area (Å²) in [5.74, 6) is -3.39. The third-order valence-electron chi connectivity index (χ3n) is 2.92. The lowest BCUT2D eigenvalue weighted by Gasteiger charge is -2.14. The fourth-order valence-corrected chi connectivity index (χ4v) is 1.79. The topological polar surface area (TPSA) is 26.0 Å². The zero-order chi connectivity index (χ0) is 14.2. The molecule has 2 rings (SSSR count). The van der Waals surface area contributed by atoms with Gasteiger partial charge in [-0.05, 0) is 42.3 Å². The van der Waals surface area contributed by atoms with Crippen LogP contribution < -0.4 is 5.73 Å². The molecule has 0 radical (unpaired) electrons. The maximum absolute atomic E-state index is 13.7. The number of rotatable bonds is 2. The first kappa shape index (κ1) is 13.5. The van der Waals surface area contributed by atoms with Gasteiger partial charge in [-0.3, -0.25) is 0 Å². The van der Waals surface area contributed by atoms with E-state index in [1.165, 1.54) is 13.0 Å². The number of aryl methyl sites for hydroxylation is 1. The molecule has 0 aliphatic rings. The van der Waals surface area contributed by atoms with Gasteiger partial charge in [-0.15, -0.1) is 0 Å². The van der Waals surface area contributed by atoms with Gasteiger partial charge in [-0.1, -0.05) is 6.07 Å². The van der Waals surface area contributed by atoms with Gasteiger partial charge in [0, 0.05) is 5.56 Å². The van der Waals surface area contributed by atoms with E-state index in [9.17, 15) is 17.6 Å². The monoisotopic (exact) mass is 269 g/mol. The average Bonchev–Trinajstić information content (AvgIpc) is 2.36. The van der Waals surface area contributed by atoms with Crippen molar-refractivity contribution in [2.75, 3.05) is 0 Å². The zero-order valence-electron chi connectivity index (χ0n) is 10.1. The van der Waals surface area contributed by atoms with E-state index in [0.29, 0.717) is 0 Å². The standard InChI is InChI=1S/C14H11F4N/c1-7-4-12(17)9(6-11(7)16)14(19)8-2-3-10(15)13(18)5-8/h2-6,14H,19H2,1H3. The van der Waals surface area contributed by atoms with Crippen LogP contribution in [0.5, 0.6) is 0 Å². The fourth-order valence-electron chi connectivity index (χ4n) is 1.79. The highest BCUT2D eigenvalue weighted by Gasteiger charge is 2.17. The molecule has 0 bridgehead atoms. The van der Waals surface area contributed by atoms with Crippen LogP contribution >= 0.6 is 0 Å². The average molecular weight is 269 g/mol. The Balaban J connectivity index is 2.46. The first-order valence-corrected chi connectivity index (χ1v) is 5.56. The quantitative estimate of drug-likeness (QED) is 0.828. The Morgan fingerprint density at radius 3 is 2.16 bits per heavy atom. The second-order valence-electron chi connectivity index (χ2n) is 4.27. The molecule has 0 saturated carbocycles. The van der Waals surface area contributed by atoms with Gasteiger partial charge in [0.15, 0.2) is 11.6 Å². The van der Waals surface area contributed by atoms with Gasteiger partial charge in [-0.2, -0.15) is 0 Å². The minimum absolute atomic E-state index is 0.103. The second kappa shape index (κ2) is 5.01. The van der Waals surface area contributed by atoms with Crippen molar-refractivity contribution >= 4 is 0 Å². The van der Waals surface area contributed by atoms with Gasteiger partial charge < -0.3 is 5.73 Å². The van der Waals surface area contributed by atoms with Gasteiger partial charge in [0.25, 0.3) is 0 Å². The highest BCUT2D eigenvalue weighted by Crippen LogP contribution is 2.25. The summed E-state index contributed by atoms with van der Waals surface area (Å²) in [6.07, 6.45) is 0. The van der Waals surface area contributed by atoms with E-state index >= 15 is 0 Å². The van der Waals surface area contributed by atoms with E-state index in [1.807, 2.05) is 0 Å². The molecule has 2 aromatic carbocycles. The van der Waals surface area contributed by atoms with Gasteiger partial charge in [0.2, 0.25) is 0 Å². The number of nitrogens with two attached hydrogens (primary N) is 1. The largest absolute Gasteiger partial charge is 0.320 e. The van der Waals surface area contributed by atoms with Gasteiger partial charge in [0.05, 0.1) is 6.04 Å². The highest BCUT2D eigenvalue weighted by molar-refractivity contribution is 5.35. The van der Waals surface area contributed by atoms with Crippen LogP contribution in [-0.4, -0.2) is 0 Å². The zero-order valence-corrected chi connectivity index (χ0v) is 10.1. The first-order chi connectivity index (χ1) is 8.90. The molecule has 1 atom stereocenters. The molecular formula is C14H11F4N. The molecule has 1 nitrogen and oxygen atoms in total. The number of hydrogen-bond acceptors (Lipinski definition) is 1. The van der Waals surface area contributed by atoms with Gasteiger partial charge in [-0.25, -0.2) is 17.6 Å². The van der Waals surface area contributed by atoms with E-state index in [4.69, 9.17) is 5.73 Å². The Hall–Kier alpha value is -1.88. The number of hydrogen-bond donors (Lipinski definition) is 1. The summed E-state index contributed by atoms with van der Waals surface area (Å²) in [5, 5.41) is 0. The maximum Gasteiger partial charge on any atom is 0.159 e. The summed E-state index contributed by atoms with van der Waals surface area (Å²) >= 11 is 0. The Morgan fingerprint density at radius 2 is 1.53 bits per heavy atom. The van der Waals surface area contributed by atoms with Crippen LogP contribution in [0.1, 0.15) is 22.7 Å². The van der Waals surface area contributed by atoms with Crippen molar-refractivity contribution in [1.82, 2.24) is 0 Å². The predicted molar refractivity (Wildman–Crippen MR) is 63.5 cm³/mol. The molecule has 0 amide bonds. The fraction of sp³-hybridized carbons (Fsp3) is 0.143. The number of benzene rings is 2. The van der Waals surface area contributed by atoms with E-state index in [2.05, 4.69) is 0 Å². The van der Waals surface area contributed by atoms with Crippen molar-refractivity contribution in [3.63, 3.8) is 0 Å². The van der Waals surface area contributed by atoms with Crippen molar-refractivity contribution in [2.45, 2.75) is 13.0 Å². The van der Waals surface area contributed by atoms with Crippen molar-refractivity contribution < 1.29 is 17.6 Å². The van der Waals surface area contributed by atoms with Crippen LogP contribution in [0.25, 0.3) is 0 Å². The van der Waals surface area contributed by atoms with Gasteiger partial charge >= 0.3 is 0 Å². The van der Waals surface area contributed by atoms with Crippen molar-refractivity contribution in [3.05, 3.63) is 70.3 Å². The Labute approximate surface area is 107 Å². The van der Waals surface area contributed by atoms with Crippen LogP contribution in [0, 0.1) is 30.2 Å². The highest BCUT2D eigenvalue weighted by atomic mass is 19.2. The minimum atomic E-state index is -1.08. The molecule has 1 unspecified atom stereocenters. The summed E-state index contributed by atoms with van der Waals surface area (Å²) < 4.78 is 53.1. The Bertz CT molecular complexity index is 625. The third kappa shape index (κ3) is 2.61. The van der Waals surface area contributed by atoms with E-state index in [0.717, 1.165) is 24.3 Å². The summed E-state index contributed by atoms with van der Waals surface area (Å²) in [7, 11) is 0. The third-order valence-corrected chi connectivity index (χ3v) is 2.92. The SMILES string of the molecule is Cc1cc(F)c(C(N)c2ccc(F)c(F)c2)cc1F. The molecule has 0 saturated heterocycles. The lowest BCUT2D eigenvalue weighted by atomic mass is 9.97. The van der Waals surface area contributed by atoms with Gasteiger partial charge in [0.1, 0.15) is 11.6 Å². The molecule has 0 spiro atoms. The molecule has 5 heteroatoms. The molecule has 0 aliphatic carbocycles. The lowest BCUT2D eigenvalue weighted by molar-refractivity contribution is 0.505. The normalized spacial score (nSPS) is 12.5. The summed E-state index contributed by atoms with van der Waals surface area (Å²) in [5.41, 5.74) is 5.98. The Morgan fingerprint density at radius 1 is 0.842 bits per heavy atom. The minimum Gasteiger partial charge on any atom is -0.320 e. The van der Waals surface area contributed by atoms with Crippen molar-refractivity contribution in [1.29, 1.82) is 0 Å². The maximum atomic E-state index is 13.7. The first-order valence-electron chi connectivity index (χ1n) is 5.56. The lowest BCUT2D eigenvalue weighted by Crippen LogP contribution is -2.15. The molecular weight excluding hydrogens is 258 g/mol. The summed E-state index contributed by atoms with van der Waals surface area (Å²) in [6, 6.07) is 3.93. The molecule has 0 fully saturated rings. The van der Waals surface area contributed by atoms with Crippen LogP contribution in [0.2, 0.25) is 0 Å². The second-order valence-corrected chi connectivity index (χ2v) is 4.27. The molecule has 0 heterocycles. The molecule has 2 aromatic rings. The van der Waals surface area contributed by atoms with Crippen LogP contribution in [0.4, 0.5) is 17.6 Å². The van der Waals surface area contributed by atoms with Crippen LogP contribution in [0.3, 0.4) is 0 Å². The van der Waals surface area contributed by atoms with Crippen LogP contribution in [0.15, 0.2) is 30.3 Å². The van der Waals surface area contributed by atoms with E-state index < -0.39 is 29.3 Å². The molecule has 19 heavy (non-hydrogen) atoms. The van der Waals surface area contributed by atoms with E-state index in [-0.39, 0.29) is 16.7 Å². The smallest absolute Gasteiger partial charge is 0.159 e. The molecule has 0 aliphatic heterocycles. The Kier molecular flexibility index (Phi) is 3.57. The number of halogens is 4. The molecule has 0 aromatic heterocycles. The molecule has 100 valence electrons. The predicted octanol–water partition coefficient (Wildman–Crippen LogP) is 3.60. The van der Waals surface area contributed by atoms with Crippen molar-refractivity contribution in [3.8, 4) is 0 Å².